The summed E-state index contributed by atoms with van der Waals surface area (Å²) in [5, 5.41) is 8.52. The number of nitriles is 1. The fourth-order valence-electron chi connectivity index (χ4n) is 0.784. The predicted octanol–water partition coefficient (Wildman–Crippen LogP) is 1.99. The lowest BCUT2D eigenvalue weighted by Gasteiger charge is -2.06. The lowest BCUT2D eigenvalue weighted by Crippen LogP contribution is -2.05. The summed E-state index contributed by atoms with van der Waals surface area (Å²) >= 11 is 0. The molecule has 0 bridgehead atoms. The molecule has 0 aliphatic rings. The number of nitrogens with zero attached hydrogens (tertiary/aromatic N) is 2. The van der Waals surface area contributed by atoms with Crippen LogP contribution in [0.4, 0.5) is 0 Å². The molecule has 0 radical (unpaired) electrons. The van der Waals surface area contributed by atoms with Crippen molar-refractivity contribution in [2.75, 3.05) is 6.61 Å². The highest BCUT2D eigenvalue weighted by atomic mass is 16.5. The normalized spacial score (nSPS) is 9.69. The van der Waals surface area contributed by atoms with Gasteiger partial charge in [-0.3, -0.25) is 0 Å². The van der Waals surface area contributed by atoms with Gasteiger partial charge in [-0.1, -0.05) is 13.8 Å². The van der Waals surface area contributed by atoms with Crippen LogP contribution in [0.1, 0.15) is 19.4 Å². The second-order valence-electron chi connectivity index (χ2n) is 3.20. The maximum absolute atomic E-state index is 8.52. The third-order valence-electron chi connectivity index (χ3n) is 1.43. The fourth-order valence-corrected chi connectivity index (χ4v) is 0.784. The molecule has 0 fully saturated rings. The van der Waals surface area contributed by atoms with Gasteiger partial charge in [-0.25, -0.2) is 4.98 Å². The quantitative estimate of drug-likeness (QED) is 0.707. The van der Waals surface area contributed by atoms with E-state index in [0.717, 1.165) is 0 Å². The minimum Gasteiger partial charge on any atom is -0.477 e. The Bertz CT molecular complexity index is 298. The monoisotopic (exact) mass is 176 g/mol. The molecule has 13 heavy (non-hydrogen) atoms. The van der Waals surface area contributed by atoms with E-state index in [0.29, 0.717) is 24.0 Å². The number of ether oxygens (including phenoxy) is 1. The average molecular weight is 176 g/mol. The Balaban J connectivity index is 2.55. The van der Waals surface area contributed by atoms with Crippen molar-refractivity contribution >= 4 is 0 Å². The largest absolute Gasteiger partial charge is 0.477 e. The van der Waals surface area contributed by atoms with E-state index >= 15 is 0 Å². The summed E-state index contributed by atoms with van der Waals surface area (Å²) in [5.41, 5.74) is 0.553. The van der Waals surface area contributed by atoms with Crippen LogP contribution in [0, 0.1) is 17.2 Å². The first-order valence-electron chi connectivity index (χ1n) is 4.21. The molecule has 1 rings (SSSR count). The van der Waals surface area contributed by atoms with Crippen molar-refractivity contribution in [1.82, 2.24) is 4.98 Å². The van der Waals surface area contributed by atoms with Gasteiger partial charge in [0.2, 0.25) is 5.88 Å². The van der Waals surface area contributed by atoms with Gasteiger partial charge in [0.15, 0.2) is 0 Å². The van der Waals surface area contributed by atoms with Crippen molar-refractivity contribution in [3.63, 3.8) is 0 Å². The van der Waals surface area contributed by atoms with Crippen LogP contribution in [-0.2, 0) is 0 Å². The molecule has 3 heteroatoms. The average Bonchev–Trinajstić information content (AvgIpc) is 2.15. The Kier molecular flexibility index (Phi) is 3.27. The number of rotatable bonds is 3. The standard InChI is InChI=1S/C10H12N2O/c1-8(2)7-13-10-4-3-9(5-11)6-12-10/h3-4,6,8H,7H2,1-2H3. The van der Waals surface area contributed by atoms with Gasteiger partial charge in [0.25, 0.3) is 0 Å². The molecule has 0 aliphatic heterocycles. The predicted molar refractivity (Wildman–Crippen MR) is 49.3 cm³/mol. The molecular weight excluding hydrogens is 164 g/mol. The molecule has 0 amide bonds. The number of hydrogen-bond acceptors (Lipinski definition) is 3. The van der Waals surface area contributed by atoms with Crippen LogP contribution < -0.4 is 4.74 Å². The summed E-state index contributed by atoms with van der Waals surface area (Å²) in [5.74, 6) is 1.06. The summed E-state index contributed by atoms with van der Waals surface area (Å²) in [4.78, 5) is 3.98. The first kappa shape index (κ1) is 9.53. The first-order chi connectivity index (χ1) is 6.22. The zero-order chi connectivity index (χ0) is 9.68. The Hall–Kier alpha value is -1.56. The highest BCUT2D eigenvalue weighted by Gasteiger charge is 1.97. The van der Waals surface area contributed by atoms with Crippen molar-refractivity contribution in [2.24, 2.45) is 5.92 Å². The maximum atomic E-state index is 8.52. The maximum Gasteiger partial charge on any atom is 0.213 e. The Labute approximate surface area is 78.0 Å². The molecule has 0 saturated carbocycles. The lowest BCUT2D eigenvalue weighted by molar-refractivity contribution is 0.261. The molecule has 1 aromatic heterocycles. The molecule has 68 valence electrons. The van der Waals surface area contributed by atoms with Gasteiger partial charge in [-0.15, -0.1) is 0 Å². The minimum atomic E-state index is 0.484. The highest BCUT2D eigenvalue weighted by molar-refractivity contribution is 5.28. The van der Waals surface area contributed by atoms with Crippen molar-refractivity contribution in [1.29, 1.82) is 5.26 Å². The van der Waals surface area contributed by atoms with E-state index in [-0.39, 0.29) is 0 Å². The molecular formula is C10H12N2O. The highest BCUT2D eigenvalue weighted by Crippen LogP contribution is 2.07. The first-order valence-corrected chi connectivity index (χ1v) is 4.21. The topological polar surface area (TPSA) is 45.9 Å². The van der Waals surface area contributed by atoms with E-state index in [2.05, 4.69) is 18.8 Å². The van der Waals surface area contributed by atoms with Crippen LogP contribution in [0.2, 0.25) is 0 Å². The summed E-state index contributed by atoms with van der Waals surface area (Å²) in [7, 11) is 0. The van der Waals surface area contributed by atoms with E-state index < -0.39 is 0 Å². The van der Waals surface area contributed by atoms with Crippen LogP contribution >= 0.6 is 0 Å². The van der Waals surface area contributed by atoms with Gasteiger partial charge in [-0.2, -0.15) is 5.26 Å². The van der Waals surface area contributed by atoms with Gasteiger partial charge in [0, 0.05) is 12.3 Å². The van der Waals surface area contributed by atoms with Crippen LogP contribution in [-0.4, -0.2) is 11.6 Å². The number of pyridine rings is 1. The third kappa shape index (κ3) is 3.12. The summed E-state index contributed by atoms with van der Waals surface area (Å²) in [6, 6.07) is 5.41. The summed E-state index contributed by atoms with van der Waals surface area (Å²) in [6.45, 7) is 4.80. The summed E-state index contributed by atoms with van der Waals surface area (Å²) in [6.07, 6.45) is 1.51. The summed E-state index contributed by atoms with van der Waals surface area (Å²) < 4.78 is 5.35. The van der Waals surface area contributed by atoms with Crippen LogP contribution in [0.5, 0.6) is 5.88 Å². The molecule has 0 N–H and O–H groups in total. The smallest absolute Gasteiger partial charge is 0.213 e. The van der Waals surface area contributed by atoms with Gasteiger partial charge in [-0.05, 0) is 12.0 Å². The molecule has 3 nitrogen and oxygen atoms in total. The molecule has 0 spiro atoms. The Morgan fingerprint density at radius 2 is 2.31 bits per heavy atom. The zero-order valence-corrected chi connectivity index (χ0v) is 7.82. The lowest BCUT2D eigenvalue weighted by atomic mass is 10.2. The van der Waals surface area contributed by atoms with Crippen LogP contribution in [0.25, 0.3) is 0 Å². The molecule has 1 heterocycles. The van der Waals surface area contributed by atoms with Crippen molar-refractivity contribution < 1.29 is 4.74 Å². The van der Waals surface area contributed by atoms with Crippen molar-refractivity contribution in [3.8, 4) is 11.9 Å². The van der Waals surface area contributed by atoms with Gasteiger partial charge in [0.05, 0.1) is 12.2 Å². The SMILES string of the molecule is CC(C)COc1ccc(C#N)cn1. The molecule has 0 unspecified atom stereocenters. The van der Waals surface area contributed by atoms with E-state index in [1.54, 1.807) is 12.1 Å². The Morgan fingerprint density at radius 1 is 1.54 bits per heavy atom. The van der Waals surface area contributed by atoms with E-state index in [4.69, 9.17) is 10.00 Å². The van der Waals surface area contributed by atoms with Crippen LogP contribution in [0.15, 0.2) is 18.3 Å². The number of aromatic nitrogens is 1. The van der Waals surface area contributed by atoms with E-state index in [1.165, 1.54) is 6.20 Å². The van der Waals surface area contributed by atoms with Gasteiger partial charge < -0.3 is 4.74 Å². The van der Waals surface area contributed by atoms with Crippen molar-refractivity contribution in [3.05, 3.63) is 23.9 Å². The molecule has 0 atom stereocenters. The zero-order valence-electron chi connectivity index (χ0n) is 7.82. The van der Waals surface area contributed by atoms with Gasteiger partial charge >= 0.3 is 0 Å². The van der Waals surface area contributed by atoms with Gasteiger partial charge in [0.1, 0.15) is 6.07 Å². The minimum absolute atomic E-state index is 0.484. The van der Waals surface area contributed by atoms with Crippen LogP contribution in [0.3, 0.4) is 0 Å². The van der Waals surface area contributed by atoms with E-state index in [9.17, 15) is 0 Å². The Morgan fingerprint density at radius 3 is 2.77 bits per heavy atom. The van der Waals surface area contributed by atoms with Crippen molar-refractivity contribution in [2.45, 2.75) is 13.8 Å². The second-order valence-corrected chi connectivity index (χ2v) is 3.20. The second kappa shape index (κ2) is 4.46. The fraction of sp³-hybridized carbons (Fsp3) is 0.400. The molecule has 0 aliphatic carbocycles. The molecule has 0 saturated heterocycles. The number of hydrogen-bond donors (Lipinski definition) is 0. The third-order valence-corrected chi connectivity index (χ3v) is 1.43. The van der Waals surface area contributed by atoms with E-state index in [1.807, 2.05) is 6.07 Å². The molecule has 1 aromatic rings. The molecule has 0 aromatic carbocycles.